The van der Waals surface area contributed by atoms with Crippen molar-refractivity contribution in [2.24, 2.45) is 4.99 Å². The summed E-state index contributed by atoms with van der Waals surface area (Å²) in [5.41, 5.74) is 1.26. The number of carbonyl (C=O) groups is 1. The minimum absolute atomic E-state index is 0.00601. The van der Waals surface area contributed by atoms with Crippen LogP contribution in [0.15, 0.2) is 51.9 Å². The Kier molecular flexibility index (Phi) is 6.15. The van der Waals surface area contributed by atoms with Crippen molar-refractivity contribution in [3.8, 4) is 0 Å². The molecule has 0 spiro atoms. The quantitative estimate of drug-likeness (QED) is 0.321. The topological polar surface area (TPSA) is 86.7 Å². The third-order valence-corrected chi connectivity index (χ3v) is 5.40. The Balaban J connectivity index is 2.08. The Morgan fingerprint density at radius 1 is 1.30 bits per heavy atom. The highest BCUT2D eigenvalue weighted by Gasteiger charge is 2.13. The number of carbonyl (C=O) groups excluding carboxylic acids is 1. The van der Waals surface area contributed by atoms with Gasteiger partial charge in [-0.15, -0.1) is 0 Å². The highest BCUT2D eigenvalue weighted by molar-refractivity contribution is 9.10. The lowest BCUT2D eigenvalue weighted by Gasteiger charge is -2.05. The second kappa shape index (κ2) is 8.55. The molecule has 0 saturated heterocycles. The average Bonchev–Trinajstić information content (AvgIpc) is 2.99. The first-order valence-corrected chi connectivity index (χ1v) is 9.80. The van der Waals surface area contributed by atoms with Crippen molar-refractivity contribution in [2.45, 2.75) is 13.5 Å². The Morgan fingerprint density at radius 3 is 2.70 bits per heavy atom. The Hall–Kier alpha value is -2.36. The number of aromatic nitrogens is 1. The summed E-state index contributed by atoms with van der Waals surface area (Å²) in [7, 11) is 0. The molecule has 0 aliphatic heterocycles. The van der Waals surface area contributed by atoms with Crippen molar-refractivity contribution in [1.29, 1.82) is 0 Å². The van der Waals surface area contributed by atoms with Crippen LogP contribution >= 0.6 is 27.3 Å². The molecule has 0 bridgehead atoms. The van der Waals surface area contributed by atoms with E-state index in [1.165, 1.54) is 23.5 Å². The molecule has 27 heavy (non-hydrogen) atoms. The second-order valence-electron chi connectivity index (χ2n) is 5.57. The van der Waals surface area contributed by atoms with Crippen LogP contribution in [0.5, 0.6) is 0 Å². The zero-order valence-corrected chi connectivity index (χ0v) is 16.8. The van der Waals surface area contributed by atoms with E-state index in [-0.39, 0.29) is 11.6 Å². The van der Waals surface area contributed by atoms with Crippen molar-refractivity contribution < 1.29 is 14.5 Å². The van der Waals surface area contributed by atoms with Crippen molar-refractivity contribution >= 4 is 49.1 Å². The van der Waals surface area contributed by atoms with Crippen molar-refractivity contribution in [2.75, 3.05) is 13.2 Å². The zero-order chi connectivity index (χ0) is 19.4. The molecule has 3 aromatic rings. The number of amides is 1. The first kappa shape index (κ1) is 19.4. The van der Waals surface area contributed by atoms with Gasteiger partial charge in [-0.05, 0) is 37.3 Å². The molecule has 1 heterocycles. The van der Waals surface area contributed by atoms with E-state index in [0.717, 1.165) is 9.99 Å². The maximum atomic E-state index is 12.5. The molecule has 0 unspecified atom stereocenters. The van der Waals surface area contributed by atoms with Crippen LogP contribution in [-0.4, -0.2) is 28.6 Å². The van der Waals surface area contributed by atoms with Gasteiger partial charge in [0.15, 0.2) is 4.80 Å². The fourth-order valence-corrected chi connectivity index (χ4v) is 3.87. The molecular weight excluding hydrogens is 434 g/mol. The molecule has 1 amide bonds. The monoisotopic (exact) mass is 449 g/mol. The number of halogens is 1. The summed E-state index contributed by atoms with van der Waals surface area (Å²) in [6, 6.07) is 11.6. The van der Waals surface area contributed by atoms with Crippen LogP contribution in [0, 0.1) is 10.1 Å². The molecule has 0 saturated carbocycles. The standard InChI is InChI=1S/C18H16BrN3O4S/c1-2-26-10-9-21-15-8-7-14(22(24)25)11-16(15)27-18(21)20-17(23)12-3-5-13(19)6-4-12/h3-8,11H,2,9-10H2,1H3. The molecule has 0 radical (unpaired) electrons. The van der Waals surface area contributed by atoms with E-state index >= 15 is 0 Å². The van der Waals surface area contributed by atoms with E-state index in [4.69, 9.17) is 4.74 Å². The number of thiazole rings is 1. The summed E-state index contributed by atoms with van der Waals surface area (Å²) in [6.45, 7) is 3.44. The second-order valence-corrected chi connectivity index (χ2v) is 7.49. The van der Waals surface area contributed by atoms with Crippen LogP contribution < -0.4 is 4.80 Å². The number of hydrogen-bond donors (Lipinski definition) is 0. The zero-order valence-electron chi connectivity index (χ0n) is 14.4. The normalized spacial score (nSPS) is 11.9. The molecule has 0 aliphatic carbocycles. The summed E-state index contributed by atoms with van der Waals surface area (Å²) in [6.07, 6.45) is 0. The van der Waals surface area contributed by atoms with E-state index in [2.05, 4.69) is 20.9 Å². The largest absolute Gasteiger partial charge is 0.380 e. The predicted octanol–water partition coefficient (Wildman–Crippen LogP) is 4.15. The molecule has 0 atom stereocenters. The van der Waals surface area contributed by atoms with Crippen molar-refractivity contribution in [1.82, 2.24) is 4.57 Å². The van der Waals surface area contributed by atoms with E-state index in [0.29, 0.717) is 34.8 Å². The van der Waals surface area contributed by atoms with Crippen molar-refractivity contribution in [3.05, 3.63) is 67.4 Å². The Bertz CT molecular complexity index is 1060. The molecule has 0 aliphatic rings. The molecule has 3 rings (SSSR count). The van der Waals surface area contributed by atoms with Gasteiger partial charge in [0, 0.05) is 35.3 Å². The lowest BCUT2D eigenvalue weighted by molar-refractivity contribution is -0.384. The predicted molar refractivity (Wildman–Crippen MR) is 107 cm³/mol. The van der Waals surface area contributed by atoms with E-state index in [9.17, 15) is 14.9 Å². The van der Waals surface area contributed by atoms with Gasteiger partial charge in [-0.25, -0.2) is 0 Å². The molecule has 0 N–H and O–H groups in total. The molecule has 2 aromatic carbocycles. The fourth-order valence-electron chi connectivity index (χ4n) is 2.52. The minimum Gasteiger partial charge on any atom is -0.380 e. The number of benzene rings is 2. The number of rotatable bonds is 6. The molecule has 0 fully saturated rings. The Labute approximate surface area is 167 Å². The van der Waals surface area contributed by atoms with Gasteiger partial charge < -0.3 is 9.30 Å². The van der Waals surface area contributed by atoms with Crippen LogP contribution in [0.2, 0.25) is 0 Å². The molecule has 9 heteroatoms. The number of fused-ring (bicyclic) bond motifs is 1. The van der Waals surface area contributed by atoms with Crippen LogP contribution in [0.4, 0.5) is 5.69 Å². The van der Waals surface area contributed by atoms with Crippen molar-refractivity contribution in [3.63, 3.8) is 0 Å². The minimum atomic E-state index is -0.437. The van der Waals surface area contributed by atoms with Crippen LogP contribution in [0.1, 0.15) is 17.3 Å². The highest BCUT2D eigenvalue weighted by atomic mass is 79.9. The number of nitro benzene ring substituents is 1. The smallest absolute Gasteiger partial charge is 0.279 e. The molecular formula is C18H16BrN3O4S. The first-order chi connectivity index (χ1) is 13.0. The van der Waals surface area contributed by atoms with Gasteiger partial charge in [0.05, 0.1) is 21.7 Å². The van der Waals surface area contributed by atoms with Crippen LogP contribution in [-0.2, 0) is 11.3 Å². The van der Waals surface area contributed by atoms with Gasteiger partial charge >= 0.3 is 0 Å². The SMILES string of the molecule is CCOCCn1c(=NC(=O)c2ccc(Br)cc2)sc2cc([N+](=O)[O-])ccc21. The lowest BCUT2D eigenvalue weighted by atomic mass is 10.2. The van der Waals surface area contributed by atoms with Gasteiger partial charge in [-0.2, -0.15) is 4.99 Å². The van der Waals surface area contributed by atoms with Crippen LogP contribution in [0.25, 0.3) is 10.2 Å². The highest BCUT2D eigenvalue weighted by Crippen LogP contribution is 2.23. The summed E-state index contributed by atoms with van der Waals surface area (Å²) >= 11 is 4.58. The summed E-state index contributed by atoms with van der Waals surface area (Å²) < 4.78 is 8.85. The van der Waals surface area contributed by atoms with Gasteiger partial charge in [-0.3, -0.25) is 14.9 Å². The van der Waals surface area contributed by atoms with E-state index in [1.807, 2.05) is 11.5 Å². The van der Waals surface area contributed by atoms with E-state index < -0.39 is 4.92 Å². The first-order valence-electron chi connectivity index (χ1n) is 8.19. The summed E-state index contributed by atoms with van der Waals surface area (Å²) in [4.78, 5) is 27.9. The average molecular weight is 450 g/mol. The maximum Gasteiger partial charge on any atom is 0.279 e. The lowest BCUT2D eigenvalue weighted by Crippen LogP contribution is -2.19. The third kappa shape index (κ3) is 4.49. The number of non-ortho nitro benzene ring substituents is 1. The van der Waals surface area contributed by atoms with Gasteiger partial charge in [-0.1, -0.05) is 27.3 Å². The number of nitro groups is 1. The fraction of sp³-hybridized carbons (Fsp3) is 0.222. The van der Waals surface area contributed by atoms with Crippen LogP contribution in [0.3, 0.4) is 0 Å². The number of nitrogens with zero attached hydrogens (tertiary/aromatic N) is 3. The maximum absolute atomic E-state index is 12.5. The molecule has 1 aromatic heterocycles. The summed E-state index contributed by atoms with van der Waals surface area (Å²) in [5, 5.41) is 11.0. The number of ether oxygens (including phenoxy) is 1. The van der Waals surface area contributed by atoms with Gasteiger partial charge in [0.2, 0.25) is 0 Å². The molecule has 140 valence electrons. The van der Waals surface area contributed by atoms with Gasteiger partial charge in [0.1, 0.15) is 0 Å². The number of hydrogen-bond acceptors (Lipinski definition) is 5. The summed E-state index contributed by atoms with van der Waals surface area (Å²) in [5.74, 6) is -0.367. The van der Waals surface area contributed by atoms with E-state index in [1.54, 1.807) is 30.3 Å². The van der Waals surface area contributed by atoms with Gasteiger partial charge in [0.25, 0.3) is 11.6 Å². The molecule has 7 nitrogen and oxygen atoms in total. The Morgan fingerprint density at radius 2 is 2.04 bits per heavy atom. The third-order valence-electron chi connectivity index (χ3n) is 3.83.